The summed E-state index contributed by atoms with van der Waals surface area (Å²) < 4.78 is 52.0. The molecule has 1 saturated heterocycles. The normalized spacial score (nSPS) is 15.7. The Balaban J connectivity index is 1.68. The van der Waals surface area contributed by atoms with Crippen LogP contribution >= 0.6 is 0 Å². The minimum atomic E-state index is -3.40. The van der Waals surface area contributed by atoms with Gasteiger partial charge in [-0.1, -0.05) is 12.1 Å². The smallest absolute Gasteiger partial charge is 0.319 e. The lowest BCUT2D eigenvalue weighted by Gasteiger charge is -2.18. The van der Waals surface area contributed by atoms with Crippen LogP contribution in [0.15, 0.2) is 42.5 Å². The van der Waals surface area contributed by atoms with Crippen molar-refractivity contribution < 1.29 is 22.0 Å². The number of anilines is 2. The molecule has 0 radical (unpaired) electrons. The van der Waals surface area contributed by atoms with Crippen molar-refractivity contribution in [2.75, 3.05) is 21.9 Å². The molecule has 0 unspecified atom stereocenters. The van der Waals surface area contributed by atoms with Crippen LogP contribution in [0.5, 0.6) is 0 Å². The summed E-state index contributed by atoms with van der Waals surface area (Å²) in [5.41, 5.74) is 0.859. The number of benzene rings is 2. The summed E-state index contributed by atoms with van der Waals surface area (Å²) in [4.78, 5) is 12.0. The topological polar surface area (TPSA) is 78.5 Å². The quantitative estimate of drug-likeness (QED) is 0.855. The standard InChI is InChI=1S/C17H17F2N3O3S/c18-13-4-2-12(3-5-13)11-20-17(23)21-16-10-14(6-7-15(16)19)22-8-1-9-26(22,24)25/h2-7,10H,1,8-9,11H2,(H2,20,21,23). The molecule has 3 rings (SSSR count). The van der Waals surface area contributed by atoms with Crippen LogP contribution in [0.4, 0.5) is 25.0 Å². The molecule has 0 aromatic heterocycles. The van der Waals surface area contributed by atoms with Crippen LogP contribution in [0, 0.1) is 11.6 Å². The van der Waals surface area contributed by atoms with E-state index in [0.29, 0.717) is 24.2 Å². The van der Waals surface area contributed by atoms with Crippen molar-refractivity contribution in [2.45, 2.75) is 13.0 Å². The molecule has 2 aromatic rings. The van der Waals surface area contributed by atoms with Gasteiger partial charge in [-0.2, -0.15) is 0 Å². The molecule has 2 N–H and O–H groups in total. The van der Waals surface area contributed by atoms with Gasteiger partial charge in [0.2, 0.25) is 10.0 Å². The van der Waals surface area contributed by atoms with E-state index in [2.05, 4.69) is 10.6 Å². The number of urea groups is 1. The minimum Gasteiger partial charge on any atom is -0.334 e. The van der Waals surface area contributed by atoms with Crippen molar-refractivity contribution in [2.24, 2.45) is 0 Å². The Morgan fingerprint density at radius 1 is 1.12 bits per heavy atom. The number of halogens is 2. The van der Waals surface area contributed by atoms with Crippen molar-refractivity contribution >= 4 is 27.4 Å². The summed E-state index contributed by atoms with van der Waals surface area (Å²) in [5.74, 6) is -1.01. The van der Waals surface area contributed by atoms with Gasteiger partial charge in [-0.15, -0.1) is 0 Å². The van der Waals surface area contributed by atoms with E-state index < -0.39 is 21.9 Å². The molecule has 2 aromatic carbocycles. The average molecular weight is 381 g/mol. The molecule has 1 fully saturated rings. The zero-order chi connectivity index (χ0) is 18.7. The van der Waals surface area contributed by atoms with Gasteiger partial charge in [-0.25, -0.2) is 22.0 Å². The molecule has 9 heteroatoms. The monoisotopic (exact) mass is 381 g/mol. The number of amides is 2. The molecule has 0 saturated carbocycles. The second-order valence-electron chi connectivity index (χ2n) is 5.84. The van der Waals surface area contributed by atoms with E-state index in [1.807, 2.05) is 0 Å². The number of hydrogen-bond donors (Lipinski definition) is 2. The summed E-state index contributed by atoms with van der Waals surface area (Å²) in [5, 5.41) is 4.89. The highest BCUT2D eigenvalue weighted by Crippen LogP contribution is 2.28. The van der Waals surface area contributed by atoms with Crippen molar-refractivity contribution in [1.29, 1.82) is 0 Å². The SMILES string of the molecule is O=C(NCc1ccc(F)cc1)Nc1cc(N2CCCS2(=O)=O)ccc1F. The first-order valence-electron chi connectivity index (χ1n) is 7.94. The third-order valence-corrected chi connectivity index (χ3v) is 5.82. The fourth-order valence-electron chi connectivity index (χ4n) is 2.64. The van der Waals surface area contributed by atoms with Crippen molar-refractivity contribution in [3.05, 3.63) is 59.7 Å². The van der Waals surface area contributed by atoms with Crippen LogP contribution in [0.25, 0.3) is 0 Å². The van der Waals surface area contributed by atoms with Gasteiger partial charge in [-0.3, -0.25) is 4.31 Å². The first-order valence-corrected chi connectivity index (χ1v) is 9.55. The molecular weight excluding hydrogens is 364 g/mol. The molecule has 1 aliphatic rings. The summed E-state index contributed by atoms with van der Waals surface area (Å²) in [6, 6.07) is 8.69. The van der Waals surface area contributed by atoms with Gasteiger partial charge in [0.05, 0.1) is 17.1 Å². The number of sulfonamides is 1. The van der Waals surface area contributed by atoms with E-state index in [-0.39, 0.29) is 23.8 Å². The van der Waals surface area contributed by atoms with E-state index in [0.717, 1.165) is 6.07 Å². The number of hydrogen-bond acceptors (Lipinski definition) is 3. The zero-order valence-electron chi connectivity index (χ0n) is 13.7. The maximum Gasteiger partial charge on any atom is 0.319 e. The second kappa shape index (κ2) is 7.28. The number of nitrogens with one attached hydrogen (secondary N) is 2. The van der Waals surface area contributed by atoms with Crippen LogP contribution in [-0.4, -0.2) is 26.7 Å². The van der Waals surface area contributed by atoms with E-state index in [4.69, 9.17) is 0 Å². The highest BCUT2D eigenvalue weighted by atomic mass is 32.2. The van der Waals surface area contributed by atoms with Crippen LogP contribution in [-0.2, 0) is 16.6 Å². The van der Waals surface area contributed by atoms with E-state index in [9.17, 15) is 22.0 Å². The summed E-state index contributed by atoms with van der Waals surface area (Å²) >= 11 is 0. The third kappa shape index (κ3) is 4.10. The maximum atomic E-state index is 14.0. The first-order chi connectivity index (χ1) is 12.3. The van der Waals surface area contributed by atoms with E-state index >= 15 is 0 Å². The van der Waals surface area contributed by atoms with Crippen LogP contribution < -0.4 is 14.9 Å². The van der Waals surface area contributed by atoms with Gasteiger partial charge in [0.25, 0.3) is 0 Å². The molecule has 0 aliphatic carbocycles. The van der Waals surface area contributed by atoms with E-state index in [1.54, 1.807) is 0 Å². The van der Waals surface area contributed by atoms with Crippen LogP contribution in [0.1, 0.15) is 12.0 Å². The van der Waals surface area contributed by atoms with Crippen LogP contribution in [0.3, 0.4) is 0 Å². The molecule has 0 atom stereocenters. The zero-order valence-corrected chi connectivity index (χ0v) is 14.5. The molecule has 0 spiro atoms. The van der Waals surface area contributed by atoms with Gasteiger partial charge >= 0.3 is 6.03 Å². The van der Waals surface area contributed by atoms with E-state index in [1.165, 1.54) is 40.7 Å². The Hall–Kier alpha value is -2.68. The molecule has 0 bridgehead atoms. The van der Waals surface area contributed by atoms with Gasteiger partial charge < -0.3 is 10.6 Å². The van der Waals surface area contributed by atoms with Crippen LogP contribution in [0.2, 0.25) is 0 Å². The third-order valence-electron chi connectivity index (χ3n) is 3.95. The summed E-state index contributed by atoms with van der Waals surface area (Å²) in [7, 11) is -3.40. The summed E-state index contributed by atoms with van der Waals surface area (Å²) in [6.07, 6.45) is 0.501. The first kappa shape index (κ1) is 18.1. The Labute approximate surface area is 149 Å². The second-order valence-corrected chi connectivity index (χ2v) is 7.85. The predicted octanol–water partition coefficient (Wildman–Crippen LogP) is 2.83. The number of carbonyl (C=O) groups is 1. The Morgan fingerprint density at radius 3 is 2.50 bits per heavy atom. The lowest BCUT2D eigenvalue weighted by Crippen LogP contribution is -2.29. The lowest BCUT2D eigenvalue weighted by molar-refractivity contribution is 0.251. The molecule has 6 nitrogen and oxygen atoms in total. The van der Waals surface area contributed by atoms with Crippen molar-refractivity contribution in [3.8, 4) is 0 Å². The Bertz CT molecular complexity index is 917. The molecule has 138 valence electrons. The van der Waals surface area contributed by atoms with Gasteiger partial charge in [0.15, 0.2) is 0 Å². The van der Waals surface area contributed by atoms with Crippen molar-refractivity contribution in [1.82, 2.24) is 5.32 Å². The number of carbonyl (C=O) groups excluding carboxylic acids is 1. The predicted molar refractivity (Wildman–Crippen MR) is 94.4 cm³/mol. The minimum absolute atomic E-state index is 0.0469. The average Bonchev–Trinajstić information content (AvgIpc) is 2.95. The molecule has 1 aliphatic heterocycles. The highest BCUT2D eigenvalue weighted by Gasteiger charge is 2.28. The molecule has 26 heavy (non-hydrogen) atoms. The number of rotatable bonds is 4. The van der Waals surface area contributed by atoms with Gasteiger partial charge in [-0.05, 0) is 42.3 Å². The fraction of sp³-hybridized carbons (Fsp3) is 0.235. The lowest BCUT2D eigenvalue weighted by atomic mass is 10.2. The van der Waals surface area contributed by atoms with Crippen molar-refractivity contribution in [3.63, 3.8) is 0 Å². The maximum absolute atomic E-state index is 14.0. The Kier molecular flexibility index (Phi) is 5.08. The highest BCUT2D eigenvalue weighted by molar-refractivity contribution is 7.93. The Morgan fingerprint density at radius 2 is 1.85 bits per heavy atom. The number of nitrogens with zero attached hydrogens (tertiary/aromatic N) is 1. The summed E-state index contributed by atoms with van der Waals surface area (Å²) in [6.45, 7) is 0.456. The van der Waals surface area contributed by atoms with Gasteiger partial charge in [0.1, 0.15) is 11.6 Å². The molecular formula is C17H17F2N3O3S. The van der Waals surface area contributed by atoms with Gasteiger partial charge in [0, 0.05) is 13.1 Å². The molecule has 2 amide bonds. The molecule has 1 heterocycles. The largest absolute Gasteiger partial charge is 0.334 e. The fourth-order valence-corrected chi connectivity index (χ4v) is 4.20.